The van der Waals surface area contributed by atoms with Crippen LogP contribution in [-0.2, 0) is 20.0 Å². The largest absolute Gasteiger partial charge is 0.280 e. The lowest BCUT2D eigenvalue weighted by Gasteiger charge is -2.11. The molecule has 0 saturated carbocycles. The first-order valence-electron chi connectivity index (χ1n) is 7.81. The SMILES string of the molecule is O=S(=O)(NC1=NCCC1)c1cccc(NS(=O)(=O)c2ccc(F)c(F)c2)c1. The Balaban J connectivity index is 1.85. The Morgan fingerprint density at radius 2 is 1.56 bits per heavy atom. The fourth-order valence-corrected chi connectivity index (χ4v) is 4.62. The second-order valence-electron chi connectivity index (χ2n) is 5.75. The number of amidine groups is 1. The molecule has 2 N–H and O–H groups in total. The monoisotopic (exact) mass is 415 g/mol. The Morgan fingerprint density at radius 1 is 0.852 bits per heavy atom. The fourth-order valence-electron chi connectivity index (χ4n) is 2.42. The van der Waals surface area contributed by atoms with Crippen molar-refractivity contribution in [3.8, 4) is 0 Å². The summed E-state index contributed by atoms with van der Waals surface area (Å²) in [4.78, 5) is 3.38. The summed E-state index contributed by atoms with van der Waals surface area (Å²) in [6.45, 7) is 0.548. The summed E-state index contributed by atoms with van der Waals surface area (Å²) in [5.41, 5.74) is -0.0454. The van der Waals surface area contributed by atoms with Gasteiger partial charge in [-0.2, -0.15) is 0 Å². The maximum absolute atomic E-state index is 13.3. The molecule has 1 aliphatic heterocycles. The number of sulfonamides is 2. The normalized spacial score (nSPS) is 14.7. The van der Waals surface area contributed by atoms with Gasteiger partial charge in [-0.15, -0.1) is 0 Å². The van der Waals surface area contributed by atoms with Crippen LogP contribution in [0.4, 0.5) is 14.5 Å². The zero-order chi connectivity index (χ0) is 19.7. The highest BCUT2D eigenvalue weighted by Crippen LogP contribution is 2.21. The number of hydrogen-bond donors (Lipinski definition) is 2. The summed E-state index contributed by atoms with van der Waals surface area (Å²) in [5, 5.41) is 0. The summed E-state index contributed by atoms with van der Waals surface area (Å²) >= 11 is 0. The zero-order valence-corrected chi connectivity index (χ0v) is 15.4. The van der Waals surface area contributed by atoms with Crippen molar-refractivity contribution in [3.63, 3.8) is 0 Å². The highest BCUT2D eigenvalue weighted by molar-refractivity contribution is 7.92. The molecule has 0 radical (unpaired) electrons. The number of aliphatic imine (C=N–C) groups is 1. The van der Waals surface area contributed by atoms with Gasteiger partial charge in [-0.25, -0.2) is 25.6 Å². The van der Waals surface area contributed by atoms with E-state index in [0.717, 1.165) is 18.6 Å². The molecule has 27 heavy (non-hydrogen) atoms. The second kappa shape index (κ2) is 7.24. The van der Waals surface area contributed by atoms with Crippen molar-refractivity contribution in [2.45, 2.75) is 22.6 Å². The third kappa shape index (κ3) is 4.42. The molecule has 0 saturated heterocycles. The zero-order valence-electron chi connectivity index (χ0n) is 13.8. The van der Waals surface area contributed by atoms with Crippen LogP contribution in [0.1, 0.15) is 12.8 Å². The molecule has 0 fully saturated rings. The maximum atomic E-state index is 13.3. The van der Waals surface area contributed by atoms with E-state index in [1.165, 1.54) is 18.2 Å². The predicted octanol–water partition coefficient (Wildman–Crippen LogP) is 2.24. The van der Waals surface area contributed by atoms with E-state index in [4.69, 9.17) is 0 Å². The highest BCUT2D eigenvalue weighted by atomic mass is 32.2. The molecule has 1 heterocycles. The van der Waals surface area contributed by atoms with Crippen LogP contribution in [0.25, 0.3) is 0 Å². The third-order valence-electron chi connectivity index (χ3n) is 3.72. The fraction of sp³-hybridized carbons (Fsp3) is 0.188. The van der Waals surface area contributed by atoms with Crippen molar-refractivity contribution in [3.05, 3.63) is 54.1 Å². The molecule has 11 heteroatoms. The minimum Gasteiger partial charge on any atom is -0.280 e. The molecule has 0 bridgehead atoms. The minimum absolute atomic E-state index is 0.0454. The van der Waals surface area contributed by atoms with Crippen LogP contribution >= 0.6 is 0 Å². The average Bonchev–Trinajstić information content (AvgIpc) is 3.09. The van der Waals surface area contributed by atoms with Crippen molar-refractivity contribution in [1.82, 2.24) is 4.72 Å². The molecular formula is C16H15F2N3O4S2. The quantitative estimate of drug-likeness (QED) is 0.781. The highest BCUT2D eigenvalue weighted by Gasteiger charge is 2.21. The molecule has 3 rings (SSSR count). The molecule has 0 aromatic heterocycles. The van der Waals surface area contributed by atoms with Gasteiger partial charge in [-0.05, 0) is 42.8 Å². The van der Waals surface area contributed by atoms with Crippen LogP contribution in [0.5, 0.6) is 0 Å². The number of benzene rings is 2. The van der Waals surface area contributed by atoms with Crippen molar-refractivity contribution in [2.24, 2.45) is 4.99 Å². The van der Waals surface area contributed by atoms with Crippen molar-refractivity contribution in [2.75, 3.05) is 11.3 Å². The summed E-state index contributed by atoms with van der Waals surface area (Å²) in [5.74, 6) is -2.14. The Kier molecular flexibility index (Phi) is 5.16. The third-order valence-corrected chi connectivity index (χ3v) is 6.48. The first-order valence-corrected chi connectivity index (χ1v) is 10.8. The standard InChI is InChI=1S/C16H15F2N3O4S2/c17-14-7-6-13(10-15(14)18)26(22,23)20-11-3-1-4-12(9-11)27(24,25)21-16-5-2-8-19-16/h1,3-4,6-7,9-10,20H,2,5,8H2,(H,19,21). The van der Waals surface area contributed by atoms with E-state index in [0.29, 0.717) is 30.9 Å². The van der Waals surface area contributed by atoms with E-state index in [-0.39, 0.29) is 10.6 Å². The lowest BCUT2D eigenvalue weighted by atomic mass is 10.3. The number of anilines is 1. The van der Waals surface area contributed by atoms with Gasteiger partial charge in [0.15, 0.2) is 11.6 Å². The van der Waals surface area contributed by atoms with Gasteiger partial charge >= 0.3 is 0 Å². The average molecular weight is 415 g/mol. The number of hydrogen-bond acceptors (Lipinski definition) is 5. The van der Waals surface area contributed by atoms with Gasteiger partial charge in [0.2, 0.25) is 0 Å². The number of nitrogens with one attached hydrogen (secondary N) is 2. The van der Waals surface area contributed by atoms with Crippen molar-refractivity contribution >= 4 is 31.6 Å². The van der Waals surface area contributed by atoms with Gasteiger partial charge in [0, 0.05) is 13.0 Å². The topological polar surface area (TPSA) is 105 Å². The van der Waals surface area contributed by atoms with Gasteiger partial charge in [-0.3, -0.25) is 14.4 Å². The Bertz CT molecular complexity index is 1120. The Labute approximate surface area is 155 Å². The van der Waals surface area contributed by atoms with Gasteiger partial charge in [0.05, 0.1) is 15.5 Å². The van der Waals surface area contributed by atoms with Gasteiger partial charge < -0.3 is 0 Å². The lowest BCUT2D eigenvalue weighted by Crippen LogP contribution is -2.29. The van der Waals surface area contributed by atoms with Crippen molar-refractivity contribution in [1.29, 1.82) is 0 Å². The molecule has 144 valence electrons. The molecule has 1 aliphatic rings. The maximum Gasteiger partial charge on any atom is 0.262 e. The summed E-state index contributed by atoms with van der Waals surface area (Å²) in [6, 6.07) is 7.25. The smallest absolute Gasteiger partial charge is 0.262 e. The van der Waals surface area contributed by atoms with Gasteiger partial charge in [0.1, 0.15) is 5.84 Å². The summed E-state index contributed by atoms with van der Waals surface area (Å²) < 4.78 is 80.2. The first-order chi connectivity index (χ1) is 12.7. The Hall–Kier alpha value is -2.53. The van der Waals surface area contributed by atoms with Crippen LogP contribution < -0.4 is 9.44 Å². The molecule has 0 spiro atoms. The molecule has 0 atom stereocenters. The van der Waals surface area contributed by atoms with Crippen LogP contribution in [0, 0.1) is 11.6 Å². The van der Waals surface area contributed by atoms with Crippen LogP contribution in [0.2, 0.25) is 0 Å². The van der Waals surface area contributed by atoms with E-state index in [1.54, 1.807) is 0 Å². The number of halogens is 2. The van der Waals surface area contributed by atoms with Crippen molar-refractivity contribution < 1.29 is 25.6 Å². The second-order valence-corrected chi connectivity index (χ2v) is 9.11. The molecule has 2 aromatic rings. The number of nitrogens with zero attached hydrogens (tertiary/aromatic N) is 1. The van der Waals surface area contributed by atoms with E-state index in [2.05, 4.69) is 14.4 Å². The van der Waals surface area contributed by atoms with Crippen LogP contribution in [0.3, 0.4) is 0 Å². The number of rotatable bonds is 5. The van der Waals surface area contributed by atoms with Gasteiger partial charge in [0.25, 0.3) is 20.0 Å². The Morgan fingerprint density at radius 3 is 2.22 bits per heavy atom. The summed E-state index contributed by atoms with van der Waals surface area (Å²) in [6.07, 6.45) is 1.27. The molecule has 7 nitrogen and oxygen atoms in total. The van der Waals surface area contributed by atoms with Crippen LogP contribution in [0.15, 0.2) is 57.2 Å². The summed E-state index contributed by atoms with van der Waals surface area (Å²) in [7, 11) is -8.16. The van der Waals surface area contributed by atoms with E-state index in [9.17, 15) is 25.6 Å². The van der Waals surface area contributed by atoms with E-state index >= 15 is 0 Å². The molecule has 0 unspecified atom stereocenters. The first kappa shape index (κ1) is 19.2. The van der Waals surface area contributed by atoms with E-state index in [1.807, 2.05) is 0 Å². The van der Waals surface area contributed by atoms with E-state index < -0.39 is 36.6 Å². The molecular weight excluding hydrogens is 400 g/mol. The molecule has 0 aliphatic carbocycles. The molecule has 2 aromatic carbocycles. The lowest BCUT2D eigenvalue weighted by molar-refractivity contribution is 0.504. The predicted molar refractivity (Wildman–Crippen MR) is 95.5 cm³/mol. The minimum atomic E-state index is -4.23. The van der Waals surface area contributed by atoms with Crippen LogP contribution in [-0.4, -0.2) is 29.2 Å². The van der Waals surface area contributed by atoms with Gasteiger partial charge in [-0.1, -0.05) is 6.07 Å². The molecule has 0 amide bonds.